The summed E-state index contributed by atoms with van der Waals surface area (Å²) in [5.74, 6) is 0.571. The van der Waals surface area contributed by atoms with Crippen molar-refractivity contribution in [3.8, 4) is 0 Å². The lowest BCUT2D eigenvalue weighted by Gasteiger charge is -2.31. The molecule has 2 aromatic rings. The molecular weight excluding hydrogens is 254 g/mol. The molecule has 1 fully saturated rings. The monoisotopic (exact) mass is 271 g/mol. The number of amides is 1. The van der Waals surface area contributed by atoms with Crippen LogP contribution < -0.4 is 0 Å². The normalized spacial score (nSPS) is 16.3. The van der Waals surface area contributed by atoms with Crippen LogP contribution in [0.2, 0.25) is 0 Å². The maximum Gasteiger partial charge on any atom is 0.277 e. The van der Waals surface area contributed by atoms with Gasteiger partial charge in [-0.05, 0) is 35.9 Å². The van der Waals surface area contributed by atoms with E-state index in [-0.39, 0.29) is 5.91 Å². The van der Waals surface area contributed by atoms with Crippen molar-refractivity contribution in [3.05, 3.63) is 47.8 Å². The van der Waals surface area contributed by atoms with Crippen molar-refractivity contribution in [2.24, 2.45) is 5.92 Å². The van der Waals surface area contributed by atoms with E-state index in [4.69, 9.17) is 0 Å². The lowest BCUT2D eigenvalue weighted by molar-refractivity contribution is 0.0679. The predicted molar refractivity (Wildman–Crippen MR) is 73.1 cm³/mol. The first kappa shape index (κ1) is 12.8. The van der Waals surface area contributed by atoms with E-state index in [0.717, 1.165) is 32.4 Å². The van der Waals surface area contributed by atoms with Gasteiger partial charge in [0.25, 0.3) is 5.91 Å². The van der Waals surface area contributed by atoms with Crippen molar-refractivity contribution >= 4 is 5.91 Å². The quantitative estimate of drug-likeness (QED) is 0.858. The number of carbonyl (C=O) groups is 1. The third-order valence-corrected chi connectivity index (χ3v) is 3.85. The number of likely N-dealkylation sites (tertiary alicyclic amines) is 1. The van der Waals surface area contributed by atoms with Gasteiger partial charge in [0.1, 0.15) is 6.20 Å². The Kier molecular flexibility index (Phi) is 3.76. The van der Waals surface area contributed by atoms with E-state index in [1.807, 2.05) is 11.0 Å². The smallest absolute Gasteiger partial charge is 0.277 e. The van der Waals surface area contributed by atoms with Gasteiger partial charge in [-0.3, -0.25) is 4.79 Å². The molecule has 0 spiro atoms. The van der Waals surface area contributed by atoms with E-state index in [9.17, 15) is 4.79 Å². The maximum atomic E-state index is 12.1. The fourth-order valence-corrected chi connectivity index (χ4v) is 2.71. The number of nitrogens with zero attached hydrogens (tertiary/aromatic N) is 3. The van der Waals surface area contributed by atoms with Crippen LogP contribution >= 0.6 is 0 Å². The second kappa shape index (κ2) is 5.86. The Morgan fingerprint density at radius 2 is 2.00 bits per heavy atom. The molecule has 5 nitrogen and oxygen atoms in total. The molecule has 2 heterocycles. The topological polar surface area (TPSA) is 59.2 Å². The number of rotatable bonds is 3. The van der Waals surface area contributed by atoms with Gasteiger partial charge in [0.05, 0.1) is 0 Å². The Morgan fingerprint density at radius 1 is 1.25 bits per heavy atom. The molecule has 0 saturated carbocycles. The Balaban J connectivity index is 1.53. The van der Waals surface area contributed by atoms with Crippen molar-refractivity contribution in [1.29, 1.82) is 0 Å². The molecular formula is C15H17N3O2. The van der Waals surface area contributed by atoms with E-state index in [1.54, 1.807) is 0 Å². The number of hydrogen-bond acceptors (Lipinski definition) is 4. The molecule has 0 radical (unpaired) electrons. The number of aromatic nitrogens is 2. The third-order valence-electron chi connectivity index (χ3n) is 3.85. The van der Waals surface area contributed by atoms with Gasteiger partial charge in [0.2, 0.25) is 0 Å². The first-order valence-corrected chi connectivity index (χ1v) is 6.93. The minimum Gasteiger partial charge on any atom is -0.337 e. The Morgan fingerprint density at radius 3 is 2.65 bits per heavy atom. The van der Waals surface area contributed by atoms with Crippen LogP contribution in [0.3, 0.4) is 0 Å². The van der Waals surface area contributed by atoms with E-state index in [0.29, 0.717) is 11.6 Å². The molecule has 0 aliphatic carbocycles. The lowest BCUT2D eigenvalue weighted by Crippen LogP contribution is -2.39. The van der Waals surface area contributed by atoms with Crippen LogP contribution in [0, 0.1) is 5.92 Å². The van der Waals surface area contributed by atoms with Crippen LogP contribution in [0.5, 0.6) is 0 Å². The van der Waals surface area contributed by atoms with Crippen LogP contribution in [0.15, 0.2) is 41.2 Å². The van der Waals surface area contributed by atoms with Crippen molar-refractivity contribution in [2.45, 2.75) is 19.3 Å². The molecule has 1 aliphatic heterocycles. The molecule has 5 heteroatoms. The van der Waals surface area contributed by atoms with Crippen LogP contribution in [0.4, 0.5) is 0 Å². The molecule has 20 heavy (non-hydrogen) atoms. The standard InChI is InChI=1S/C15H17N3O2/c19-15(14-11-16-20-17-14)18-8-6-13(7-9-18)10-12-4-2-1-3-5-12/h1-5,11,13H,6-10H2. The highest BCUT2D eigenvalue weighted by atomic mass is 16.6. The molecule has 0 atom stereocenters. The fraction of sp³-hybridized carbons (Fsp3) is 0.400. The lowest BCUT2D eigenvalue weighted by atomic mass is 9.90. The van der Waals surface area contributed by atoms with Crippen LogP contribution in [-0.4, -0.2) is 34.2 Å². The van der Waals surface area contributed by atoms with E-state index in [2.05, 4.69) is 39.2 Å². The van der Waals surface area contributed by atoms with E-state index in [1.165, 1.54) is 11.8 Å². The summed E-state index contributed by atoms with van der Waals surface area (Å²) in [4.78, 5) is 13.9. The van der Waals surface area contributed by atoms with Gasteiger partial charge < -0.3 is 4.90 Å². The van der Waals surface area contributed by atoms with Gasteiger partial charge in [-0.2, -0.15) is 0 Å². The molecule has 1 saturated heterocycles. The molecule has 1 aliphatic rings. The van der Waals surface area contributed by atoms with Crippen molar-refractivity contribution < 1.29 is 9.42 Å². The first-order valence-electron chi connectivity index (χ1n) is 6.93. The summed E-state index contributed by atoms with van der Waals surface area (Å²) in [6.07, 6.45) is 4.53. The predicted octanol–water partition coefficient (Wildman–Crippen LogP) is 2.16. The molecule has 1 amide bonds. The number of benzene rings is 1. The SMILES string of the molecule is O=C(c1cnon1)N1CCC(Cc2ccccc2)CC1. The zero-order chi connectivity index (χ0) is 13.8. The second-order valence-corrected chi connectivity index (χ2v) is 5.22. The zero-order valence-electron chi connectivity index (χ0n) is 11.2. The Bertz CT molecular complexity index is 546. The van der Waals surface area contributed by atoms with Crippen LogP contribution in [-0.2, 0) is 6.42 Å². The van der Waals surface area contributed by atoms with Crippen molar-refractivity contribution in [2.75, 3.05) is 13.1 Å². The summed E-state index contributed by atoms with van der Waals surface area (Å²) in [5, 5.41) is 7.08. The summed E-state index contributed by atoms with van der Waals surface area (Å²) in [7, 11) is 0. The number of carbonyl (C=O) groups excluding carboxylic acids is 1. The van der Waals surface area contributed by atoms with Crippen molar-refractivity contribution in [3.63, 3.8) is 0 Å². The van der Waals surface area contributed by atoms with E-state index < -0.39 is 0 Å². The number of piperidine rings is 1. The second-order valence-electron chi connectivity index (χ2n) is 5.22. The van der Waals surface area contributed by atoms with Gasteiger partial charge in [0.15, 0.2) is 5.69 Å². The summed E-state index contributed by atoms with van der Waals surface area (Å²) >= 11 is 0. The summed E-state index contributed by atoms with van der Waals surface area (Å²) in [6, 6.07) is 10.5. The highest BCUT2D eigenvalue weighted by molar-refractivity contribution is 5.91. The Hall–Kier alpha value is -2.17. The minimum atomic E-state index is -0.0792. The molecule has 104 valence electrons. The molecule has 0 unspecified atom stereocenters. The third kappa shape index (κ3) is 2.87. The van der Waals surface area contributed by atoms with Gasteiger partial charge in [-0.1, -0.05) is 35.5 Å². The summed E-state index contributed by atoms with van der Waals surface area (Å²) in [5.41, 5.74) is 1.67. The van der Waals surface area contributed by atoms with Gasteiger partial charge in [-0.25, -0.2) is 4.63 Å². The molecule has 1 aromatic carbocycles. The summed E-state index contributed by atoms with van der Waals surface area (Å²) in [6.45, 7) is 1.56. The Labute approximate surface area is 117 Å². The largest absolute Gasteiger partial charge is 0.337 e. The van der Waals surface area contributed by atoms with Gasteiger partial charge >= 0.3 is 0 Å². The zero-order valence-corrected chi connectivity index (χ0v) is 11.2. The van der Waals surface area contributed by atoms with E-state index >= 15 is 0 Å². The maximum absolute atomic E-state index is 12.1. The average Bonchev–Trinajstić information content (AvgIpc) is 3.03. The van der Waals surface area contributed by atoms with Crippen LogP contribution in [0.25, 0.3) is 0 Å². The van der Waals surface area contributed by atoms with Gasteiger partial charge in [0, 0.05) is 13.1 Å². The van der Waals surface area contributed by atoms with Crippen LogP contribution in [0.1, 0.15) is 28.9 Å². The average molecular weight is 271 g/mol. The van der Waals surface area contributed by atoms with Gasteiger partial charge in [-0.15, -0.1) is 0 Å². The molecule has 0 N–H and O–H groups in total. The molecule has 1 aromatic heterocycles. The highest BCUT2D eigenvalue weighted by Gasteiger charge is 2.25. The fourth-order valence-electron chi connectivity index (χ4n) is 2.71. The highest BCUT2D eigenvalue weighted by Crippen LogP contribution is 2.22. The first-order chi connectivity index (χ1) is 9.83. The van der Waals surface area contributed by atoms with Crippen molar-refractivity contribution in [1.82, 2.24) is 15.2 Å². The molecule has 3 rings (SSSR count). The molecule has 0 bridgehead atoms. The number of hydrogen-bond donors (Lipinski definition) is 0. The summed E-state index contributed by atoms with van der Waals surface area (Å²) < 4.78 is 4.48. The minimum absolute atomic E-state index is 0.0792.